The van der Waals surface area contributed by atoms with E-state index in [0.717, 1.165) is 25.0 Å². The molecule has 0 radical (unpaired) electrons. The number of aromatic nitrogens is 1. The first-order chi connectivity index (χ1) is 12.4. The van der Waals surface area contributed by atoms with Crippen molar-refractivity contribution in [3.05, 3.63) is 30.1 Å². The molecule has 1 amide bonds. The van der Waals surface area contributed by atoms with Gasteiger partial charge >= 0.3 is 0 Å². The summed E-state index contributed by atoms with van der Waals surface area (Å²) in [7, 11) is 0. The summed E-state index contributed by atoms with van der Waals surface area (Å²) in [6, 6.07) is 5.71. The standard InChI is InChI=1S/C19H24F2N2O3/c20-19(21)8-14(9-19)17(24)23-7-3-5-18(13-23)10-16(12-26-18)25-11-15-4-1-2-6-22-15/h1-2,4,6,14,16H,3,5,7-13H2/t16-,18+/m0/s1. The first-order valence-corrected chi connectivity index (χ1v) is 9.27. The number of carbonyl (C=O) groups excluding carboxylic acids is 1. The maximum absolute atomic E-state index is 13.1. The van der Waals surface area contributed by atoms with E-state index in [1.54, 1.807) is 11.1 Å². The number of hydrogen-bond donors (Lipinski definition) is 0. The fraction of sp³-hybridized carbons (Fsp3) is 0.684. The van der Waals surface area contributed by atoms with Crippen LogP contribution in [0, 0.1) is 5.92 Å². The van der Waals surface area contributed by atoms with E-state index >= 15 is 0 Å². The molecule has 3 aliphatic rings. The van der Waals surface area contributed by atoms with Crippen LogP contribution in [-0.2, 0) is 20.9 Å². The molecule has 1 aromatic heterocycles. The summed E-state index contributed by atoms with van der Waals surface area (Å²) < 4.78 is 38.1. The van der Waals surface area contributed by atoms with Crippen molar-refractivity contribution in [2.45, 2.75) is 56.3 Å². The Labute approximate surface area is 151 Å². The van der Waals surface area contributed by atoms with Crippen molar-refractivity contribution in [3.63, 3.8) is 0 Å². The SMILES string of the molecule is O=C(C1CC(F)(F)C1)N1CCC[C@@]2(C[C@H](OCc3ccccn3)CO2)C1. The molecular weight excluding hydrogens is 342 g/mol. The van der Waals surface area contributed by atoms with E-state index in [9.17, 15) is 13.6 Å². The number of amides is 1. The Kier molecular flexibility index (Phi) is 4.69. The van der Waals surface area contributed by atoms with Crippen molar-refractivity contribution >= 4 is 5.91 Å². The highest BCUT2D eigenvalue weighted by atomic mass is 19.3. The summed E-state index contributed by atoms with van der Waals surface area (Å²) in [5, 5.41) is 0. The highest BCUT2D eigenvalue weighted by molar-refractivity contribution is 5.80. The second kappa shape index (κ2) is 6.85. The minimum Gasteiger partial charge on any atom is -0.370 e. The Hall–Kier alpha value is -1.60. The first kappa shape index (κ1) is 17.8. The molecule has 0 aromatic carbocycles. The molecule has 7 heteroatoms. The van der Waals surface area contributed by atoms with Gasteiger partial charge < -0.3 is 14.4 Å². The molecule has 1 spiro atoms. The van der Waals surface area contributed by atoms with Crippen LogP contribution in [0.3, 0.4) is 0 Å². The van der Waals surface area contributed by atoms with Gasteiger partial charge in [-0.1, -0.05) is 6.07 Å². The highest BCUT2D eigenvalue weighted by Gasteiger charge is 2.52. The Bertz CT molecular complexity index is 649. The molecule has 142 valence electrons. The van der Waals surface area contributed by atoms with Gasteiger partial charge in [-0.2, -0.15) is 0 Å². The predicted molar refractivity (Wildman–Crippen MR) is 89.6 cm³/mol. The topological polar surface area (TPSA) is 51.7 Å². The van der Waals surface area contributed by atoms with E-state index in [0.29, 0.717) is 26.3 Å². The van der Waals surface area contributed by atoms with Crippen molar-refractivity contribution < 1.29 is 23.0 Å². The number of pyridine rings is 1. The Balaban J connectivity index is 1.30. The second-order valence-electron chi connectivity index (χ2n) is 7.78. The Morgan fingerprint density at radius 1 is 1.35 bits per heavy atom. The Morgan fingerprint density at radius 3 is 2.92 bits per heavy atom. The summed E-state index contributed by atoms with van der Waals surface area (Å²) in [4.78, 5) is 18.5. The lowest BCUT2D eigenvalue weighted by molar-refractivity contribution is -0.165. The van der Waals surface area contributed by atoms with Crippen LogP contribution in [0.1, 0.15) is 37.8 Å². The van der Waals surface area contributed by atoms with E-state index in [-0.39, 0.29) is 24.9 Å². The van der Waals surface area contributed by atoms with Gasteiger partial charge in [-0.25, -0.2) is 8.78 Å². The molecule has 3 fully saturated rings. The average molecular weight is 366 g/mol. The monoisotopic (exact) mass is 366 g/mol. The van der Waals surface area contributed by atoms with E-state index < -0.39 is 17.4 Å². The van der Waals surface area contributed by atoms with E-state index in [1.807, 2.05) is 18.2 Å². The fourth-order valence-corrected chi connectivity index (χ4v) is 4.26. The van der Waals surface area contributed by atoms with Crippen LogP contribution in [0.25, 0.3) is 0 Å². The third-order valence-corrected chi connectivity index (χ3v) is 5.66. The van der Waals surface area contributed by atoms with Gasteiger partial charge in [-0.3, -0.25) is 9.78 Å². The van der Waals surface area contributed by atoms with E-state index in [2.05, 4.69) is 4.98 Å². The van der Waals surface area contributed by atoms with Crippen molar-refractivity contribution in [2.24, 2.45) is 5.92 Å². The van der Waals surface area contributed by atoms with Gasteiger partial charge in [0.15, 0.2) is 0 Å². The lowest BCUT2D eigenvalue weighted by Gasteiger charge is -2.43. The number of ether oxygens (including phenoxy) is 2. The van der Waals surface area contributed by atoms with E-state index in [4.69, 9.17) is 9.47 Å². The molecule has 0 N–H and O–H groups in total. The number of alkyl halides is 2. The maximum atomic E-state index is 13.1. The summed E-state index contributed by atoms with van der Waals surface area (Å²) in [6.07, 6.45) is 3.52. The lowest BCUT2D eigenvalue weighted by atomic mass is 9.79. The highest BCUT2D eigenvalue weighted by Crippen LogP contribution is 2.44. The quantitative estimate of drug-likeness (QED) is 0.822. The van der Waals surface area contributed by atoms with Gasteiger partial charge in [-0.05, 0) is 25.0 Å². The smallest absolute Gasteiger partial charge is 0.249 e. The molecule has 26 heavy (non-hydrogen) atoms. The number of rotatable bonds is 4. The van der Waals surface area contributed by atoms with Crippen molar-refractivity contribution in [1.29, 1.82) is 0 Å². The maximum Gasteiger partial charge on any atom is 0.249 e. The lowest BCUT2D eigenvalue weighted by Crippen LogP contribution is -2.54. The van der Waals surface area contributed by atoms with Crippen LogP contribution in [0.5, 0.6) is 0 Å². The van der Waals surface area contributed by atoms with E-state index in [1.165, 1.54) is 0 Å². The van der Waals surface area contributed by atoms with Crippen LogP contribution in [0.15, 0.2) is 24.4 Å². The minimum absolute atomic E-state index is 0.0277. The number of piperidine rings is 1. The Morgan fingerprint density at radius 2 is 2.19 bits per heavy atom. The fourth-order valence-electron chi connectivity index (χ4n) is 4.26. The molecule has 2 atom stereocenters. The molecule has 2 saturated heterocycles. The first-order valence-electron chi connectivity index (χ1n) is 9.27. The summed E-state index contributed by atoms with van der Waals surface area (Å²) in [5.41, 5.74) is 0.481. The molecule has 1 aromatic rings. The zero-order valence-electron chi connectivity index (χ0n) is 14.7. The summed E-state index contributed by atoms with van der Waals surface area (Å²) in [5.74, 6) is -3.34. The normalized spacial score (nSPS) is 31.2. The number of carbonyl (C=O) groups is 1. The zero-order valence-corrected chi connectivity index (χ0v) is 14.7. The third-order valence-electron chi connectivity index (χ3n) is 5.66. The van der Waals surface area contributed by atoms with Gasteiger partial charge in [0, 0.05) is 44.5 Å². The number of halogens is 2. The summed E-state index contributed by atoms with van der Waals surface area (Å²) >= 11 is 0. The molecule has 2 aliphatic heterocycles. The third kappa shape index (κ3) is 3.74. The van der Waals surface area contributed by atoms with Crippen molar-refractivity contribution in [3.8, 4) is 0 Å². The second-order valence-corrected chi connectivity index (χ2v) is 7.78. The zero-order chi connectivity index (χ0) is 18.2. The molecule has 1 saturated carbocycles. The number of nitrogens with zero attached hydrogens (tertiary/aromatic N) is 2. The predicted octanol–water partition coefficient (Wildman–Crippen LogP) is 2.79. The van der Waals surface area contributed by atoms with Gasteiger partial charge in [-0.15, -0.1) is 0 Å². The van der Waals surface area contributed by atoms with Gasteiger partial charge in [0.1, 0.15) is 0 Å². The number of likely N-dealkylation sites (tertiary alicyclic amines) is 1. The molecule has 0 bridgehead atoms. The molecular formula is C19H24F2N2O3. The number of hydrogen-bond acceptors (Lipinski definition) is 4. The minimum atomic E-state index is -2.66. The molecule has 1 aliphatic carbocycles. The molecule has 4 rings (SSSR count). The van der Waals surface area contributed by atoms with Crippen LogP contribution in [0.2, 0.25) is 0 Å². The van der Waals surface area contributed by atoms with Crippen LogP contribution >= 0.6 is 0 Å². The summed E-state index contributed by atoms with van der Waals surface area (Å²) in [6.45, 7) is 2.05. The van der Waals surface area contributed by atoms with Gasteiger partial charge in [0.05, 0.1) is 30.6 Å². The van der Waals surface area contributed by atoms with Crippen LogP contribution in [0.4, 0.5) is 8.78 Å². The van der Waals surface area contributed by atoms with Gasteiger partial charge in [0.2, 0.25) is 11.8 Å². The molecule has 3 heterocycles. The van der Waals surface area contributed by atoms with Crippen LogP contribution < -0.4 is 0 Å². The van der Waals surface area contributed by atoms with Crippen LogP contribution in [-0.4, -0.2) is 53.1 Å². The molecule has 0 unspecified atom stereocenters. The average Bonchev–Trinajstić information content (AvgIpc) is 3.00. The molecule has 5 nitrogen and oxygen atoms in total. The van der Waals surface area contributed by atoms with Crippen molar-refractivity contribution in [2.75, 3.05) is 19.7 Å². The van der Waals surface area contributed by atoms with Crippen molar-refractivity contribution in [1.82, 2.24) is 9.88 Å². The largest absolute Gasteiger partial charge is 0.370 e. The van der Waals surface area contributed by atoms with Gasteiger partial charge in [0.25, 0.3) is 0 Å².